The van der Waals surface area contributed by atoms with Gasteiger partial charge in [-0.25, -0.2) is 4.79 Å². The summed E-state index contributed by atoms with van der Waals surface area (Å²) >= 11 is 1.71. The number of carboxylic acid groups (broad SMARTS) is 1. The molecule has 3 aromatic carbocycles. The summed E-state index contributed by atoms with van der Waals surface area (Å²) in [6.07, 6.45) is 1.74. The molecule has 0 fully saturated rings. The van der Waals surface area contributed by atoms with E-state index in [4.69, 9.17) is 5.11 Å². The van der Waals surface area contributed by atoms with Crippen LogP contribution >= 0.6 is 11.8 Å². The SMILES string of the molecule is Cc1ccc(Sc2ccc(C=Nc3cccc(C(=O)O)c3)cc2)cc1. The van der Waals surface area contributed by atoms with E-state index in [9.17, 15) is 4.79 Å². The Morgan fingerprint density at radius 3 is 2.24 bits per heavy atom. The van der Waals surface area contributed by atoms with Crippen molar-refractivity contribution in [1.29, 1.82) is 0 Å². The Bertz CT molecular complexity index is 900. The van der Waals surface area contributed by atoms with Gasteiger partial charge in [-0.05, 0) is 55.0 Å². The molecule has 4 heteroatoms. The van der Waals surface area contributed by atoms with E-state index in [-0.39, 0.29) is 5.56 Å². The van der Waals surface area contributed by atoms with Gasteiger partial charge in [0.2, 0.25) is 0 Å². The molecule has 1 N–H and O–H groups in total. The van der Waals surface area contributed by atoms with Gasteiger partial charge in [-0.2, -0.15) is 0 Å². The molecule has 124 valence electrons. The lowest BCUT2D eigenvalue weighted by atomic mass is 10.2. The van der Waals surface area contributed by atoms with E-state index >= 15 is 0 Å². The van der Waals surface area contributed by atoms with Crippen molar-refractivity contribution in [2.45, 2.75) is 16.7 Å². The molecule has 0 amide bonds. The first-order chi connectivity index (χ1) is 12.1. The molecule has 0 unspecified atom stereocenters. The Kier molecular flexibility index (Phi) is 5.31. The van der Waals surface area contributed by atoms with Gasteiger partial charge in [0.15, 0.2) is 0 Å². The van der Waals surface area contributed by atoms with Gasteiger partial charge in [0.25, 0.3) is 0 Å². The highest BCUT2D eigenvalue weighted by atomic mass is 32.2. The van der Waals surface area contributed by atoms with Crippen LogP contribution in [0.25, 0.3) is 0 Å². The highest BCUT2D eigenvalue weighted by Gasteiger charge is 2.02. The smallest absolute Gasteiger partial charge is 0.335 e. The predicted molar refractivity (Wildman–Crippen MR) is 102 cm³/mol. The van der Waals surface area contributed by atoms with Crippen molar-refractivity contribution in [3.05, 3.63) is 89.5 Å². The molecule has 0 saturated carbocycles. The van der Waals surface area contributed by atoms with Crippen LogP contribution in [0.3, 0.4) is 0 Å². The highest BCUT2D eigenvalue weighted by molar-refractivity contribution is 7.99. The number of hydrogen-bond donors (Lipinski definition) is 1. The summed E-state index contributed by atoms with van der Waals surface area (Å²) in [6, 6.07) is 23.1. The fourth-order valence-electron chi connectivity index (χ4n) is 2.23. The van der Waals surface area contributed by atoms with Gasteiger partial charge in [-0.1, -0.05) is 47.7 Å². The third-order valence-corrected chi connectivity index (χ3v) is 4.61. The van der Waals surface area contributed by atoms with Gasteiger partial charge in [0.1, 0.15) is 0 Å². The number of aryl methyl sites for hydroxylation is 1. The largest absolute Gasteiger partial charge is 0.478 e. The normalized spacial score (nSPS) is 10.9. The second-order valence-electron chi connectivity index (χ2n) is 5.60. The van der Waals surface area contributed by atoms with Gasteiger partial charge in [0.05, 0.1) is 11.3 Å². The van der Waals surface area contributed by atoms with Crippen LogP contribution in [-0.2, 0) is 0 Å². The Morgan fingerprint density at radius 1 is 0.960 bits per heavy atom. The molecule has 0 saturated heterocycles. The van der Waals surface area contributed by atoms with Crippen LogP contribution in [0, 0.1) is 6.92 Å². The third kappa shape index (κ3) is 4.81. The van der Waals surface area contributed by atoms with E-state index in [0.717, 1.165) is 10.5 Å². The van der Waals surface area contributed by atoms with Crippen molar-refractivity contribution in [1.82, 2.24) is 0 Å². The van der Waals surface area contributed by atoms with Crippen LogP contribution in [0.5, 0.6) is 0 Å². The number of aromatic carboxylic acids is 1. The molecule has 0 aromatic heterocycles. The summed E-state index contributed by atoms with van der Waals surface area (Å²) in [5.74, 6) is -0.950. The molecule has 0 atom stereocenters. The second-order valence-corrected chi connectivity index (χ2v) is 6.74. The van der Waals surface area contributed by atoms with Crippen molar-refractivity contribution >= 4 is 29.6 Å². The van der Waals surface area contributed by atoms with Crippen LogP contribution in [-0.4, -0.2) is 17.3 Å². The maximum Gasteiger partial charge on any atom is 0.335 e. The number of aliphatic imine (C=N–C) groups is 1. The third-order valence-electron chi connectivity index (χ3n) is 3.59. The second kappa shape index (κ2) is 7.81. The Hall–Kier alpha value is -2.85. The van der Waals surface area contributed by atoms with Crippen LogP contribution in [0.15, 0.2) is 87.6 Å². The van der Waals surface area contributed by atoms with E-state index in [1.54, 1.807) is 42.2 Å². The monoisotopic (exact) mass is 347 g/mol. The standard InChI is InChI=1S/C21H17NO2S/c1-15-5-9-19(10-6-15)25-20-11-7-16(8-12-20)14-22-18-4-2-3-17(13-18)21(23)24/h2-14H,1H3,(H,23,24). The first-order valence-corrected chi connectivity index (χ1v) is 8.64. The zero-order chi connectivity index (χ0) is 17.6. The minimum Gasteiger partial charge on any atom is -0.478 e. The predicted octanol–water partition coefficient (Wildman–Crippen LogP) is 5.60. The molecule has 0 aliphatic rings. The number of nitrogens with zero attached hydrogens (tertiary/aromatic N) is 1. The van der Waals surface area contributed by atoms with Crippen molar-refractivity contribution < 1.29 is 9.90 Å². The van der Waals surface area contributed by atoms with Gasteiger partial charge in [-0.3, -0.25) is 4.99 Å². The minimum atomic E-state index is -0.950. The molecule has 3 nitrogen and oxygen atoms in total. The van der Waals surface area contributed by atoms with Gasteiger partial charge < -0.3 is 5.11 Å². The number of carboxylic acids is 1. The van der Waals surface area contributed by atoms with E-state index in [1.165, 1.54) is 10.5 Å². The quantitative estimate of drug-likeness (QED) is 0.612. The number of rotatable bonds is 5. The van der Waals surface area contributed by atoms with Crippen molar-refractivity contribution in [2.75, 3.05) is 0 Å². The molecule has 25 heavy (non-hydrogen) atoms. The Morgan fingerprint density at radius 2 is 1.60 bits per heavy atom. The van der Waals surface area contributed by atoms with Crippen LogP contribution in [0.1, 0.15) is 21.5 Å². The summed E-state index contributed by atoms with van der Waals surface area (Å²) in [6.45, 7) is 2.08. The van der Waals surface area contributed by atoms with E-state index < -0.39 is 5.97 Å². The average molecular weight is 347 g/mol. The first-order valence-electron chi connectivity index (χ1n) is 7.82. The zero-order valence-corrected chi connectivity index (χ0v) is 14.5. The zero-order valence-electron chi connectivity index (χ0n) is 13.7. The number of benzene rings is 3. The molecule has 0 aliphatic carbocycles. The Balaban J connectivity index is 1.69. The highest BCUT2D eigenvalue weighted by Crippen LogP contribution is 2.27. The molecule has 0 aliphatic heterocycles. The summed E-state index contributed by atoms with van der Waals surface area (Å²) < 4.78 is 0. The molecule has 0 radical (unpaired) electrons. The van der Waals surface area contributed by atoms with Gasteiger partial charge >= 0.3 is 5.97 Å². The summed E-state index contributed by atoms with van der Waals surface area (Å²) in [4.78, 5) is 17.7. The van der Waals surface area contributed by atoms with E-state index in [0.29, 0.717) is 5.69 Å². The summed E-state index contributed by atoms with van der Waals surface area (Å²) in [5.41, 5.74) is 3.08. The molecule has 0 bridgehead atoms. The molecular formula is C21H17NO2S. The number of carbonyl (C=O) groups is 1. The van der Waals surface area contributed by atoms with Gasteiger partial charge in [0, 0.05) is 16.0 Å². The maximum absolute atomic E-state index is 11.0. The van der Waals surface area contributed by atoms with Crippen LogP contribution in [0.4, 0.5) is 5.69 Å². The van der Waals surface area contributed by atoms with Crippen molar-refractivity contribution in [3.63, 3.8) is 0 Å². The number of hydrogen-bond acceptors (Lipinski definition) is 3. The molecule has 3 aromatic rings. The van der Waals surface area contributed by atoms with Crippen LogP contribution in [0.2, 0.25) is 0 Å². The van der Waals surface area contributed by atoms with Crippen molar-refractivity contribution in [3.8, 4) is 0 Å². The molecule has 3 rings (SSSR count). The lowest BCUT2D eigenvalue weighted by Gasteiger charge is -2.03. The van der Waals surface area contributed by atoms with Crippen molar-refractivity contribution in [2.24, 2.45) is 4.99 Å². The molecular weight excluding hydrogens is 330 g/mol. The summed E-state index contributed by atoms with van der Waals surface area (Å²) in [5, 5.41) is 9.01. The summed E-state index contributed by atoms with van der Waals surface area (Å²) in [7, 11) is 0. The average Bonchev–Trinajstić information content (AvgIpc) is 2.63. The Labute approximate surface area is 151 Å². The minimum absolute atomic E-state index is 0.236. The molecule has 0 spiro atoms. The van der Waals surface area contributed by atoms with Gasteiger partial charge in [-0.15, -0.1) is 0 Å². The van der Waals surface area contributed by atoms with Crippen LogP contribution < -0.4 is 0 Å². The fourth-order valence-corrected chi connectivity index (χ4v) is 3.05. The molecule has 0 heterocycles. The topological polar surface area (TPSA) is 49.7 Å². The van der Waals surface area contributed by atoms with E-state index in [2.05, 4.69) is 48.3 Å². The van der Waals surface area contributed by atoms with E-state index in [1.807, 2.05) is 12.1 Å². The lowest BCUT2D eigenvalue weighted by molar-refractivity contribution is 0.0697. The first kappa shape index (κ1) is 17.0. The lowest BCUT2D eigenvalue weighted by Crippen LogP contribution is -1.94. The fraction of sp³-hybridized carbons (Fsp3) is 0.0476. The maximum atomic E-state index is 11.0.